The van der Waals surface area contributed by atoms with Crippen molar-refractivity contribution in [3.63, 3.8) is 0 Å². The third kappa shape index (κ3) is 8.18. The lowest BCUT2D eigenvalue weighted by Gasteiger charge is -2.22. The van der Waals surface area contributed by atoms with Gasteiger partial charge < -0.3 is 14.4 Å². The predicted molar refractivity (Wildman–Crippen MR) is 69.3 cm³/mol. The first-order valence-electron chi connectivity index (χ1n) is 6.45. The molecule has 19 heavy (non-hydrogen) atoms. The number of esters is 2. The number of hydrogen-bond donors (Lipinski definition) is 0. The van der Waals surface area contributed by atoms with Crippen molar-refractivity contribution in [1.29, 1.82) is 0 Å². The summed E-state index contributed by atoms with van der Waals surface area (Å²) in [5.74, 6) is -1.17. The highest BCUT2D eigenvalue weighted by Crippen LogP contribution is 2.09. The molecule has 0 aliphatic carbocycles. The maximum atomic E-state index is 12.0. The Morgan fingerprint density at radius 1 is 0.947 bits per heavy atom. The van der Waals surface area contributed by atoms with Crippen LogP contribution in [0.1, 0.15) is 34.1 Å². The SMILES string of the molecule is CCN(CC)C(=O)CC(COC(C)=O)COC(C)=O. The van der Waals surface area contributed by atoms with Crippen molar-refractivity contribution in [3.05, 3.63) is 0 Å². The lowest BCUT2D eigenvalue weighted by Crippen LogP contribution is -2.34. The van der Waals surface area contributed by atoms with Gasteiger partial charge in [0.25, 0.3) is 0 Å². The standard InChI is InChI=1S/C13H23NO5/c1-5-14(6-2)13(17)7-12(8-18-10(3)15)9-19-11(4)16/h12H,5-9H2,1-4H3. The van der Waals surface area contributed by atoms with Crippen LogP contribution in [0.5, 0.6) is 0 Å². The number of carbonyl (C=O) groups excluding carboxylic acids is 3. The maximum absolute atomic E-state index is 12.0. The molecule has 0 atom stereocenters. The second-order valence-corrected chi connectivity index (χ2v) is 4.24. The molecular weight excluding hydrogens is 250 g/mol. The summed E-state index contributed by atoms with van der Waals surface area (Å²) in [5, 5.41) is 0. The molecule has 0 bridgehead atoms. The Balaban J connectivity index is 4.41. The quantitative estimate of drug-likeness (QED) is 0.617. The molecule has 0 unspecified atom stereocenters. The number of carbonyl (C=O) groups is 3. The van der Waals surface area contributed by atoms with Crippen molar-refractivity contribution in [3.8, 4) is 0 Å². The van der Waals surface area contributed by atoms with Crippen LogP contribution in [0.4, 0.5) is 0 Å². The highest BCUT2D eigenvalue weighted by Gasteiger charge is 2.20. The average molecular weight is 273 g/mol. The van der Waals surface area contributed by atoms with Crippen molar-refractivity contribution < 1.29 is 23.9 Å². The summed E-state index contributed by atoms with van der Waals surface area (Å²) < 4.78 is 9.77. The lowest BCUT2D eigenvalue weighted by molar-refractivity contribution is -0.148. The van der Waals surface area contributed by atoms with Crippen LogP contribution in [-0.4, -0.2) is 49.0 Å². The molecule has 0 N–H and O–H groups in total. The molecule has 0 spiro atoms. The predicted octanol–water partition coefficient (Wildman–Crippen LogP) is 0.987. The van der Waals surface area contributed by atoms with E-state index in [0.29, 0.717) is 13.1 Å². The van der Waals surface area contributed by atoms with E-state index in [9.17, 15) is 14.4 Å². The first-order chi connectivity index (χ1) is 8.90. The number of nitrogens with zero attached hydrogens (tertiary/aromatic N) is 1. The fourth-order valence-electron chi connectivity index (χ4n) is 1.59. The molecular formula is C13H23NO5. The van der Waals surface area contributed by atoms with Gasteiger partial charge in [0.05, 0.1) is 13.2 Å². The average Bonchev–Trinajstić information content (AvgIpc) is 2.33. The van der Waals surface area contributed by atoms with Gasteiger partial charge in [0.2, 0.25) is 5.91 Å². The van der Waals surface area contributed by atoms with Gasteiger partial charge in [0.15, 0.2) is 0 Å². The summed E-state index contributed by atoms with van der Waals surface area (Å²) in [6, 6.07) is 0. The molecule has 0 aromatic heterocycles. The minimum absolute atomic E-state index is 0.0331. The Bertz CT molecular complexity index is 294. The Hall–Kier alpha value is -1.59. The van der Waals surface area contributed by atoms with Crippen LogP contribution in [-0.2, 0) is 23.9 Å². The maximum Gasteiger partial charge on any atom is 0.302 e. The zero-order valence-corrected chi connectivity index (χ0v) is 12.1. The minimum Gasteiger partial charge on any atom is -0.465 e. The summed E-state index contributed by atoms with van der Waals surface area (Å²) >= 11 is 0. The Kier molecular flexibility index (Phi) is 8.57. The number of ether oxygens (including phenoxy) is 2. The van der Waals surface area contributed by atoms with E-state index in [1.54, 1.807) is 4.90 Å². The number of hydrogen-bond acceptors (Lipinski definition) is 5. The second-order valence-electron chi connectivity index (χ2n) is 4.24. The fraction of sp³-hybridized carbons (Fsp3) is 0.769. The first-order valence-corrected chi connectivity index (χ1v) is 6.45. The molecule has 1 amide bonds. The largest absolute Gasteiger partial charge is 0.465 e. The molecule has 0 saturated heterocycles. The van der Waals surface area contributed by atoms with Crippen molar-refractivity contribution in [2.24, 2.45) is 5.92 Å². The molecule has 0 heterocycles. The second kappa shape index (κ2) is 9.35. The van der Waals surface area contributed by atoms with Crippen molar-refractivity contribution >= 4 is 17.8 Å². The van der Waals surface area contributed by atoms with Gasteiger partial charge in [-0.3, -0.25) is 14.4 Å². The normalized spacial score (nSPS) is 10.2. The van der Waals surface area contributed by atoms with Gasteiger partial charge in [-0.25, -0.2) is 0 Å². The summed E-state index contributed by atoms with van der Waals surface area (Å²) in [6.45, 7) is 7.81. The summed E-state index contributed by atoms with van der Waals surface area (Å²) in [6.07, 6.45) is 0.197. The van der Waals surface area contributed by atoms with E-state index in [4.69, 9.17) is 9.47 Å². The molecule has 0 radical (unpaired) electrons. The Labute approximate surface area is 114 Å². The highest BCUT2D eigenvalue weighted by atomic mass is 16.5. The molecule has 0 aromatic rings. The van der Waals surface area contributed by atoms with Gasteiger partial charge in [-0.2, -0.15) is 0 Å². The molecule has 110 valence electrons. The van der Waals surface area contributed by atoms with E-state index >= 15 is 0 Å². The van der Waals surface area contributed by atoms with Crippen LogP contribution in [0.25, 0.3) is 0 Å². The fourth-order valence-corrected chi connectivity index (χ4v) is 1.59. The van der Waals surface area contributed by atoms with Crippen LogP contribution in [0.15, 0.2) is 0 Å². The van der Waals surface area contributed by atoms with Gasteiger partial charge in [-0.15, -0.1) is 0 Å². The molecule has 0 rings (SSSR count). The van der Waals surface area contributed by atoms with Gasteiger partial charge in [-0.05, 0) is 13.8 Å². The van der Waals surface area contributed by atoms with E-state index in [0.717, 1.165) is 0 Å². The molecule has 0 aromatic carbocycles. The third-order valence-corrected chi connectivity index (χ3v) is 2.62. The molecule has 6 nitrogen and oxygen atoms in total. The van der Waals surface area contributed by atoms with Gasteiger partial charge in [-0.1, -0.05) is 0 Å². The van der Waals surface area contributed by atoms with Crippen molar-refractivity contribution in [2.75, 3.05) is 26.3 Å². The van der Waals surface area contributed by atoms with Crippen LogP contribution in [0.3, 0.4) is 0 Å². The molecule has 0 fully saturated rings. The highest BCUT2D eigenvalue weighted by molar-refractivity contribution is 5.76. The van der Waals surface area contributed by atoms with Gasteiger partial charge >= 0.3 is 11.9 Å². The zero-order valence-electron chi connectivity index (χ0n) is 12.1. The van der Waals surface area contributed by atoms with Crippen LogP contribution < -0.4 is 0 Å². The smallest absolute Gasteiger partial charge is 0.302 e. The Morgan fingerprint density at radius 3 is 1.68 bits per heavy atom. The van der Waals surface area contributed by atoms with Crippen LogP contribution in [0.2, 0.25) is 0 Å². The topological polar surface area (TPSA) is 72.9 Å². The number of amides is 1. The lowest BCUT2D eigenvalue weighted by atomic mass is 10.1. The van der Waals surface area contributed by atoms with E-state index < -0.39 is 11.9 Å². The van der Waals surface area contributed by atoms with Gasteiger partial charge in [0.1, 0.15) is 0 Å². The molecule has 0 saturated carbocycles. The zero-order chi connectivity index (χ0) is 14.8. The summed E-state index contributed by atoms with van der Waals surface area (Å²) in [7, 11) is 0. The van der Waals surface area contributed by atoms with E-state index in [2.05, 4.69) is 0 Å². The van der Waals surface area contributed by atoms with E-state index in [1.807, 2.05) is 13.8 Å². The minimum atomic E-state index is -0.414. The summed E-state index contributed by atoms with van der Waals surface area (Å²) in [4.78, 5) is 35.2. The summed E-state index contributed by atoms with van der Waals surface area (Å²) in [5.41, 5.74) is 0. The van der Waals surface area contributed by atoms with Gasteiger partial charge in [0, 0.05) is 39.3 Å². The monoisotopic (exact) mass is 273 g/mol. The molecule has 6 heteroatoms. The van der Waals surface area contributed by atoms with E-state index in [-0.39, 0.29) is 31.5 Å². The first kappa shape index (κ1) is 17.4. The molecule has 0 aliphatic rings. The third-order valence-electron chi connectivity index (χ3n) is 2.62. The Morgan fingerprint density at radius 2 is 1.37 bits per heavy atom. The molecule has 0 aliphatic heterocycles. The van der Waals surface area contributed by atoms with Crippen LogP contribution >= 0.6 is 0 Å². The van der Waals surface area contributed by atoms with Crippen molar-refractivity contribution in [1.82, 2.24) is 4.90 Å². The van der Waals surface area contributed by atoms with Crippen molar-refractivity contribution in [2.45, 2.75) is 34.1 Å². The van der Waals surface area contributed by atoms with Crippen LogP contribution in [0, 0.1) is 5.92 Å². The van der Waals surface area contributed by atoms with E-state index in [1.165, 1.54) is 13.8 Å². The number of rotatable bonds is 8.